The quantitative estimate of drug-likeness (QED) is 0.701. The van der Waals surface area contributed by atoms with E-state index in [4.69, 9.17) is 5.11 Å². The molecule has 0 spiro atoms. The molecule has 92 valence electrons. The van der Waals surface area contributed by atoms with Gasteiger partial charge < -0.3 is 15.7 Å². The molecule has 0 atom stereocenters. The zero-order valence-electron chi connectivity index (χ0n) is 9.73. The minimum absolute atomic E-state index is 0.0895. The van der Waals surface area contributed by atoms with Crippen molar-refractivity contribution in [2.24, 2.45) is 0 Å². The van der Waals surface area contributed by atoms with Crippen LogP contribution in [0, 0.1) is 0 Å². The van der Waals surface area contributed by atoms with Crippen molar-refractivity contribution in [1.82, 2.24) is 10.3 Å². The highest BCUT2D eigenvalue weighted by Crippen LogP contribution is 2.04. The highest BCUT2D eigenvalue weighted by molar-refractivity contribution is 5.87. The van der Waals surface area contributed by atoms with Crippen molar-refractivity contribution >= 4 is 17.7 Å². The maximum Gasteiger partial charge on any atom is 0.337 e. The van der Waals surface area contributed by atoms with Gasteiger partial charge in [0.15, 0.2) is 0 Å². The number of rotatable bonds is 5. The molecule has 6 heteroatoms. The largest absolute Gasteiger partial charge is 0.478 e. The average molecular weight is 237 g/mol. The Labute approximate surface area is 99.1 Å². The number of hydrogen-bond acceptors (Lipinski definition) is 4. The molecule has 17 heavy (non-hydrogen) atoms. The van der Waals surface area contributed by atoms with E-state index in [1.54, 1.807) is 0 Å². The van der Waals surface area contributed by atoms with E-state index < -0.39 is 5.97 Å². The van der Waals surface area contributed by atoms with E-state index in [0.717, 1.165) is 0 Å². The maximum absolute atomic E-state index is 11.3. The van der Waals surface area contributed by atoms with Gasteiger partial charge in [0.1, 0.15) is 5.82 Å². The summed E-state index contributed by atoms with van der Waals surface area (Å²) in [5, 5.41) is 14.2. The number of hydrogen-bond donors (Lipinski definition) is 3. The van der Waals surface area contributed by atoms with E-state index in [1.165, 1.54) is 18.3 Å². The first-order chi connectivity index (χ1) is 7.99. The lowest BCUT2D eigenvalue weighted by Gasteiger charge is -2.09. The van der Waals surface area contributed by atoms with Crippen molar-refractivity contribution in [3.05, 3.63) is 23.9 Å². The summed E-state index contributed by atoms with van der Waals surface area (Å²) in [6.45, 7) is 3.85. The molecular weight excluding hydrogens is 222 g/mol. The van der Waals surface area contributed by atoms with E-state index in [0.29, 0.717) is 5.82 Å². The molecule has 0 aliphatic heterocycles. The van der Waals surface area contributed by atoms with Gasteiger partial charge in [-0.05, 0) is 26.0 Å². The highest BCUT2D eigenvalue weighted by atomic mass is 16.4. The van der Waals surface area contributed by atoms with E-state index >= 15 is 0 Å². The summed E-state index contributed by atoms with van der Waals surface area (Å²) in [4.78, 5) is 25.8. The number of aromatic carboxylic acids is 1. The van der Waals surface area contributed by atoms with E-state index in [2.05, 4.69) is 15.6 Å². The summed E-state index contributed by atoms with van der Waals surface area (Å²) in [6, 6.07) is 3.04. The van der Waals surface area contributed by atoms with Crippen LogP contribution in [0.15, 0.2) is 18.3 Å². The predicted octanol–water partition coefficient (Wildman–Crippen LogP) is 0.716. The normalized spacial score (nSPS) is 10.1. The molecule has 0 saturated carbocycles. The summed E-state index contributed by atoms with van der Waals surface area (Å²) in [5.74, 6) is -0.695. The fraction of sp³-hybridized carbons (Fsp3) is 0.364. The first kappa shape index (κ1) is 13.0. The second kappa shape index (κ2) is 5.83. The van der Waals surface area contributed by atoms with Crippen molar-refractivity contribution < 1.29 is 14.7 Å². The number of carboxylic acids is 1. The van der Waals surface area contributed by atoms with Gasteiger partial charge in [-0.15, -0.1) is 0 Å². The lowest BCUT2D eigenvalue weighted by atomic mass is 10.3. The Hall–Kier alpha value is -2.11. The first-order valence-electron chi connectivity index (χ1n) is 5.21. The Bertz CT molecular complexity index is 401. The summed E-state index contributed by atoms with van der Waals surface area (Å²) in [6.07, 6.45) is 1.24. The predicted molar refractivity (Wildman–Crippen MR) is 63.0 cm³/mol. The molecule has 1 amide bonds. The smallest absolute Gasteiger partial charge is 0.337 e. The second-order valence-electron chi connectivity index (χ2n) is 3.81. The molecule has 1 rings (SSSR count). The Morgan fingerprint density at radius 3 is 2.59 bits per heavy atom. The first-order valence-corrected chi connectivity index (χ1v) is 5.21. The number of carboxylic acid groups (broad SMARTS) is 1. The van der Waals surface area contributed by atoms with Gasteiger partial charge >= 0.3 is 5.97 Å². The molecule has 0 aliphatic carbocycles. The number of nitrogens with one attached hydrogen (secondary N) is 2. The van der Waals surface area contributed by atoms with E-state index in [-0.39, 0.29) is 24.1 Å². The van der Waals surface area contributed by atoms with Gasteiger partial charge in [0.25, 0.3) is 0 Å². The molecular formula is C11H15N3O3. The Balaban J connectivity index is 2.47. The monoisotopic (exact) mass is 237 g/mol. The molecule has 1 heterocycles. The van der Waals surface area contributed by atoms with Crippen LogP contribution in [0.1, 0.15) is 24.2 Å². The number of amides is 1. The minimum atomic E-state index is -1.03. The SMILES string of the molecule is CC(C)NC(=O)CNc1ccc(C(=O)O)cn1. The summed E-state index contributed by atoms with van der Waals surface area (Å²) in [5.41, 5.74) is 0.113. The number of carbonyl (C=O) groups excluding carboxylic acids is 1. The van der Waals surface area contributed by atoms with Crippen LogP contribution in [-0.4, -0.2) is 34.6 Å². The zero-order chi connectivity index (χ0) is 12.8. The average Bonchev–Trinajstić information content (AvgIpc) is 2.26. The number of aromatic nitrogens is 1. The third-order valence-electron chi connectivity index (χ3n) is 1.89. The minimum Gasteiger partial charge on any atom is -0.478 e. The van der Waals surface area contributed by atoms with Gasteiger partial charge in [0, 0.05) is 12.2 Å². The van der Waals surface area contributed by atoms with Gasteiger partial charge in [-0.3, -0.25) is 4.79 Å². The van der Waals surface area contributed by atoms with Crippen molar-refractivity contribution in [1.29, 1.82) is 0 Å². The summed E-state index contributed by atoms with van der Waals surface area (Å²) in [7, 11) is 0. The highest BCUT2D eigenvalue weighted by Gasteiger charge is 2.05. The van der Waals surface area contributed by atoms with Crippen LogP contribution in [0.5, 0.6) is 0 Å². The molecule has 1 aromatic heterocycles. The molecule has 0 saturated heterocycles. The standard InChI is InChI=1S/C11H15N3O3/c1-7(2)14-10(15)6-13-9-4-3-8(5-12-9)11(16)17/h3-5,7H,6H2,1-2H3,(H,12,13)(H,14,15)(H,16,17). The molecule has 3 N–H and O–H groups in total. The van der Waals surface area contributed by atoms with Crippen LogP contribution in [0.4, 0.5) is 5.82 Å². The van der Waals surface area contributed by atoms with Crippen LogP contribution in [0.2, 0.25) is 0 Å². The molecule has 0 fully saturated rings. The van der Waals surface area contributed by atoms with Crippen LogP contribution < -0.4 is 10.6 Å². The van der Waals surface area contributed by atoms with Crippen LogP contribution in [-0.2, 0) is 4.79 Å². The van der Waals surface area contributed by atoms with E-state index in [1.807, 2.05) is 13.8 Å². The van der Waals surface area contributed by atoms with Crippen molar-refractivity contribution in [2.45, 2.75) is 19.9 Å². The molecule has 0 aliphatic rings. The van der Waals surface area contributed by atoms with Crippen LogP contribution in [0.3, 0.4) is 0 Å². The fourth-order valence-corrected chi connectivity index (χ4v) is 1.17. The molecule has 0 bridgehead atoms. The van der Waals surface area contributed by atoms with Gasteiger partial charge in [0.2, 0.25) is 5.91 Å². The Morgan fingerprint density at radius 2 is 2.12 bits per heavy atom. The number of pyridine rings is 1. The third kappa shape index (κ3) is 4.50. The van der Waals surface area contributed by atoms with Crippen LogP contribution in [0.25, 0.3) is 0 Å². The number of anilines is 1. The lowest BCUT2D eigenvalue weighted by Crippen LogP contribution is -2.34. The molecule has 0 unspecified atom stereocenters. The molecule has 1 aromatic rings. The second-order valence-corrected chi connectivity index (χ2v) is 3.81. The Kier molecular flexibility index (Phi) is 4.45. The van der Waals surface area contributed by atoms with Gasteiger partial charge in [-0.25, -0.2) is 9.78 Å². The Morgan fingerprint density at radius 1 is 1.41 bits per heavy atom. The third-order valence-corrected chi connectivity index (χ3v) is 1.89. The van der Waals surface area contributed by atoms with Gasteiger partial charge in [0.05, 0.1) is 12.1 Å². The molecule has 0 aromatic carbocycles. The van der Waals surface area contributed by atoms with E-state index in [9.17, 15) is 9.59 Å². The zero-order valence-corrected chi connectivity index (χ0v) is 9.73. The van der Waals surface area contributed by atoms with Crippen molar-refractivity contribution in [3.8, 4) is 0 Å². The fourth-order valence-electron chi connectivity index (χ4n) is 1.17. The van der Waals surface area contributed by atoms with Gasteiger partial charge in [-0.2, -0.15) is 0 Å². The molecule has 6 nitrogen and oxygen atoms in total. The van der Waals surface area contributed by atoms with Crippen LogP contribution >= 0.6 is 0 Å². The van der Waals surface area contributed by atoms with Crippen molar-refractivity contribution in [3.63, 3.8) is 0 Å². The van der Waals surface area contributed by atoms with Crippen molar-refractivity contribution in [2.75, 3.05) is 11.9 Å². The van der Waals surface area contributed by atoms with Gasteiger partial charge in [-0.1, -0.05) is 0 Å². The lowest BCUT2D eigenvalue weighted by molar-refractivity contribution is -0.119. The topological polar surface area (TPSA) is 91.3 Å². The summed E-state index contributed by atoms with van der Waals surface area (Å²) >= 11 is 0. The number of carbonyl (C=O) groups is 2. The number of nitrogens with zero attached hydrogens (tertiary/aromatic N) is 1. The molecule has 0 radical (unpaired) electrons. The summed E-state index contributed by atoms with van der Waals surface area (Å²) < 4.78 is 0. The maximum atomic E-state index is 11.3.